The van der Waals surface area contributed by atoms with Gasteiger partial charge in [-0.05, 0) is 42.8 Å². The van der Waals surface area contributed by atoms with E-state index in [-0.39, 0.29) is 0 Å². The number of methoxy groups -OCH3 is 3. The number of thiazole rings is 1. The van der Waals surface area contributed by atoms with Gasteiger partial charge in [-0.25, -0.2) is 4.68 Å². The van der Waals surface area contributed by atoms with Crippen LogP contribution in [0.15, 0.2) is 57.9 Å². The highest BCUT2D eigenvalue weighted by Crippen LogP contribution is 2.33. The predicted octanol–water partition coefficient (Wildman–Crippen LogP) is 3.92. The molecule has 0 unspecified atom stereocenters. The summed E-state index contributed by atoms with van der Waals surface area (Å²) >= 11 is 1.49. The summed E-state index contributed by atoms with van der Waals surface area (Å²) in [4.78, 5) is 5.39. The molecule has 1 heterocycles. The van der Waals surface area contributed by atoms with E-state index in [0.717, 1.165) is 33.1 Å². The van der Waals surface area contributed by atoms with Gasteiger partial charge in [-0.3, -0.25) is 4.99 Å². The van der Waals surface area contributed by atoms with Crippen LogP contribution in [0.25, 0.3) is 11.3 Å². The Labute approximate surface area is 185 Å². The van der Waals surface area contributed by atoms with Crippen molar-refractivity contribution in [3.8, 4) is 28.8 Å². The summed E-state index contributed by atoms with van der Waals surface area (Å²) in [5, 5.41) is 15.9. The predicted molar refractivity (Wildman–Crippen MR) is 122 cm³/mol. The normalized spacial score (nSPS) is 12.0. The maximum Gasteiger partial charge on any atom is 0.206 e. The highest BCUT2D eigenvalue weighted by atomic mass is 32.1. The van der Waals surface area contributed by atoms with Crippen LogP contribution in [0.5, 0.6) is 11.5 Å². The lowest BCUT2D eigenvalue weighted by atomic mass is 10.1. The van der Waals surface area contributed by atoms with Gasteiger partial charge in [-0.2, -0.15) is 10.4 Å². The Morgan fingerprint density at radius 2 is 1.87 bits per heavy atom. The van der Waals surface area contributed by atoms with E-state index in [1.165, 1.54) is 11.3 Å². The Morgan fingerprint density at radius 1 is 1.10 bits per heavy atom. The fraction of sp³-hybridized carbons (Fsp3) is 0.261. The van der Waals surface area contributed by atoms with Crippen molar-refractivity contribution >= 4 is 17.0 Å². The van der Waals surface area contributed by atoms with Gasteiger partial charge in [-0.15, -0.1) is 11.3 Å². The lowest BCUT2D eigenvalue weighted by molar-refractivity contribution is 0.207. The second-order valence-corrected chi connectivity index (χ2v) is 7.37. The third-order valence-electron chi connectivity index (χ3n) is 4.59. The van der Waals surface area contributed by atoms with Crippen LogP contribution >= 0.6 is 11.3 Å². The van der Waals surface area contributed by atoms with E-state index in [1.54, 1.807) is 33.5 Å². The van der Waals surface area contributed by atoms with Gasteiger partial charge < -0.3 is 14.2 Å². The van der Waals surface area contributed by atoms with E-state index in [0.29, 0.717) is 24.5 Å². The second-order valence-electron chi connectivity index (χ2n) is 6.53. The molecule has 0 spiro atoms. The summed E-state index contributed by atoms with van der Waals surface area (Å²) in [5.74, 6) is 1.43. The zero-order valence-electron chi connectivity index (χ0n) is 18.0. The van der Waals surface area contributed by atoms with Gasteiger partial charge in [0.1, 0.15) is 11.5 Å². The molecule has 0 radical (unpaired) electrons. The van der Waals surface area contributed by atoms with Gasteiger partial charge >= 0.3 is 0 Å². The molecule has 160 valence electrons. The van der Waals surface area contributed by atoms with Crippen LogP contribution < -0.4 is 14.3 Å². The molecule has 3 aromatic rings. The zero-order chi connectivity index (χ0) is 22.2. The van der Waals surface area contributed by atoms with Crippen LogP contribution in [0.2, 0.25) is 0 Å². The van der Waals surface area contributed by atoms with E-state index in [4.69, 9.17) is 24.6 Å². The minimum atomic E-state index is 0.522. The molecule has 0 amide bonds. The van der Waals surface area contributed by atoms with Crippen molar-refractivity contribution < 1.29 is 14.2 Å². The number of nitriles is 1. The minimum Gasteiger partial charge on any atom is -0.497 e. The molecule has 0 bridgehead atoms. The van der Waals surface area contributed by atoms with Crippen LogP contribution in [-0.2, 0) is 4.74 Å². The standard InChI is InChI=1S/C23H24N4O3S/c1-16(18-7-5-17(14-24)6-8-18)26-27-21(15-31-23(27)25-11-12-28-2)20-13-19(29-3)9-10-22(20)30-4/h5-10,13,15H,11-12H2,1-4H3/b25-23?,26-16+. The van der Waals surface area contributed by atoms with Crippen LogP contribution in [-0.4, -0.2) is 44.9 Å². The average Bonchev–Trinajstić information content (AvgIpc) is 3.20. The summed E-state index contributed by atoms with van der Waals surface area (Å²) in [6, 6.07) is 15.1. The van der Waals surface area contributed by atoms with Gasteiger partial charge in [0.15, 0.2) is 0 Å². The number of ether oxygens (including phenoxy) is 3. The topological polar surface area (TPSA) is 81.1 Å². The van der Waals surface area contributed by atoms with Gasteiger partial charge in [0.25, 0.3) is 0 Å². The summed E-state index contributed by atoms with van der Waals surface area (Å²) in [6.45, 7) is 2.97. The molecule has 3 rings (SSSR count). The monoisotopic (exact) mass is 436 g/mol. The molecule has 0 fully saturated rings. The Kier molecular flexibility index (Phi) is 7.60. The average molecular weight is 437 g/mol. The fourth-order valence-corrected chi connectivity index (χ4v) is 3.78. The molecule has 0 aliphatic heterocycles. The molecule has 31 heavy (non-hydrogen) atoms. The van der Waals surface area contributed by atoms with Gasteiger partial charge in [0, 0.05) is 18.1 Å². The van der Waals surface area contributed by atoms with Crippen LogP contribution in [0.3, 0.4) is 0 Å². The van der Waals surface area contributed by atoms with Crippen LogP contribution in [0.1, 0.15) is 18.1 Å². The maximum atomic E-state index is 9.04. The summed E-state index contributed by atoms with van der Waals surface area (Å²) in [5.41, 5.74) is 4.01. The molecule has 0 N–H and O–H groups in total. The molecule has 0 atom stereocenters. The SMILES string of the molecule is COCCN=c1scc(-c2cc(OC)ccc2OC)n1/N=C(\C)c1ccc(C#N)cc1. The molecule has 0 saturated heterocycles. The van der Waals surface area contributed by atoms with Gasteiger partial charge in [0.05, 0.1) is 50.4 Å². The van der Waals surface area contributed by atoms with E-state index in [2.05, 4.69) is 11.1 Å². The molecule has 0 saturated carbocycles. The third-order valence-corrected chi connectivity index (χ3v) is 5.45. The highest BCUT2D eigenvalue weighted by Gasteiger charge is 2.15. The van der Waals surface area contributed by atoms with Crippen molar-refractivity contribution in [3.63, 3.8) is 0 Å². The molecule has 8 heteroatoms. The van der Waals surface area contributed by atoms with Crippen LogP contribution in [0, 0.1) is 11.3 Å². The Bertz CT molecular complexity index is 1170. The fourth-order valence-electron chi connectivity index (χ4n) is 2.93. The number of rotatable bonds is 8. The number of nitrogens with zero attached hydrogens (tertiary/aromatic N) is 4. The molecule has 1 aromatic heterocycles. The quantitative estimate of drug-likeness (QED) is 0.396. The van der Waals surface area contributed by atoms with Crippen molar-refractivity contribution in [2.24, 2.45) is 10.1 Å². The van der Waals surface area contributed by atoms with Crippen molar-refractivity contribution in [2.45, 2.75) is 6.92 Å². The Balaban J connectivity index is 2.16. The highest BCUT2D eigenvalue weighted by molar-refractivity contribution is 7.07. The van der Waals surface area contributed by atoms with E-state index in [1.807, 2.05) is 47.3 Å². The number of hydrogen-bond donors (Lipinski definition) is 0. The lowest BCUT2D eigenvalue weighted by Crippen LogP contribution is -2.15. The van der Waals surface area contributed by atoms with E-state index in [9.17, 15) is 0 Å². The van der Waals surface area contributed by atoms with E-state index < -0.39 is 0 Å². The third kappa shape index (κ3) is 5.20. The summed E-state index contributed by atoms with van der Waals surface area (Å²) in [7, 11) is 4.92. The van der Waals surface area contributed by atoms with Crippen LogP contribution in [0.4, 0.5) is 0 Å². The minimum absolute atomic E-state index is 0.522. The van der Waals surface area contributed by atoms with E-state index >= 15 is 0 Å². The molecular weight excluding hydrogens is 412 g/mol. The zero-order valence-corrected chi connectivity index (χ0v) is 18.8. The maximum absolute atomic E-state index is 9.04. The molecule has 7 nitrogen and oxygen atoms in total. The number of hydrogen-bond acceptors (Lipinski definition) is 7. The Morgan fingerprint density at radius 3 is 2.52 bits per heavy atom. The van der Waals surface area contributed by atoms with Gasteiger partial charge in [0.2, 0.25) is 4.80 Å². The first-order valence-corrected chi connectivity index (χ1v) is 10.5. The van der Waals surface area contributed by atoms with Crippen molar-refractivity contribution in [1.82, 2.24) is 4.68 Å². The molecule has 0 aliphatic carbocycles. The second kappa shape index (κ2) is 10.6. The summed E-state index contributed by atoms with van der Waals surface area (Å²) < 4.78 is 17.9. The van der Waals surface area contributed by atoms with Crippen molar-refractivity contribution in [3.05, 3.63) is 63.8 Å². The largest absolute Gasteiger partial charge is 0.497 e. The van der Waals surface area contributed by atoms with Gasteiger partial charge in [-0.1, -0.05) is 12.1 Å². The molecule has 2 aromatic carbocycles. The van der Waals surface area contributed by atoms with Crippen molar-refractivity contribution in [2.75, 3.05) is 34.5 Å². The molecular formula is C23H24N4O3S. The Hall–Kier alpha value is -3.41. The first-order chi connectivity index (χ1) is 15.1. The first-order valence-electron chi connectivity index (χ1n) is 9.59. The summed E-state index contributed by atoms with van der Waals surface area (Å²) in [6.07, 6.45) is 0. The smallest absolute Gasteiger partial charge is 0.206 e. The molecule has 0 aliphatic rings. The van der Waals surface area contributed by atoms with Crippen molar-refractivity contribution in [1.29, 1.82) is 5.26 Å². The number of benzene rings is 2. The first kappa shape index (κ1) is 22.3. The lowest BCUT2D eigenvalue weighted by Gasteiger charge is -2.12. The number of aromatic nitrogens is 1.